The van der Waals surface area contributed by atoms with Gasteiger partial charge in [-0.05, 0) is 119 Å². The van der Waals surface area contributed by atoms with Crippen LogP contribution in [-0.4, -0.2) is 25.2 Å². The molecule has 0 aliphatic heterocycles. The molecule has 0 spiro atoms. The van der Waals surface area contributed by atoms with Gasteiger partial charge in [-0.2, -0.15) is 26.3 Å². The zero-order valence-electron chi connectivity index (χ0n) is 33.3. The van der Waals surface area contributed by atoms with E-state index in [1.54, 1.807) is 13.8 Å². The quantitative estimate of drug-likeness (QED) is 0.0942. The molecular formula is C50H38F6N2O4. The van der Waals surface area contributed by atoms with Gasteiger partial charge in [-0.1, -0.05) is 97.1 Å². The van der Waals surface area contributed by atoms with Crippen molar-refractivity contribution in [3.8, 4) is 44.5 Å². The number of ether oxygens (including phenoxy) is 2. The monoisotopic (exact) mass is 844 g/mol. The highest BCUT2D eigenvalue weighted by molar-refractivity contribution is 6.04. The third-order valence-corrected chi connectivity index (χ3v) is 10.0. The summed E-state index contributed by atoms with van der Waals surface area (Å²) < 4.78 is 88.9. The molecule has 0 amide bonds. The molecule has 7 aromatic rings. The molecule has 7 rings (SSSR count). The van der Waals surface area contributed by atoms with Crippen LogP contribution in [0.4, 0.5) is 49.1 Å². The summed E-state index contributed by atoms with van der Waals surface area (Å²) in [5.41, 5.74) is 7.08. The molecule has 0 aliphatic carbocycles. The van der Waals surface area contributed by atoms with Gasteiger partial charge in [0.05, 0.1) is 46.8 Å². The zero-order valence-corrected chi connectivity index (χ0v) is 33.3. The number of halogens is 6. The summed E-state index contributed by atoms with van der Waals surface area (Å²) in [6.07, 6.45) is -8.81. The van der Waals surface area contributed by atoms with Gasteiger partial charge in [0.15, 0.2) is 0 Å². The Morgan fingerprint density at radius 1 is 0.403 bits per heavy atom. The van der Waals surface area contributed by atoms with Crippen molar-refractivity contribution in [3.05, 3.63) is 180 Å². The topological polar surface area (TPSA) is 76.7 Å². The lowest BCUT2D eigenvalue weighted by Gasteiger charge is -2.18. The fourth-order valence-corrected chi connectivity index (χ4v) is 6.78. The minimum Gasteiger partial charge on any atom is -0.462 e. The van der Waals surface area contributed by atoms with Crippen molar-refractivity contribution >= 4 is 34.7 Å². The van der Waals surface area contributed by atoms with E-state index in [0.717, 1.165) is 57.6 Å². The Kier molecular flexibility index (Phi) is 12.5. The summed E-state index contributed by atoms with van der Waals surface area (Å²) >= 11 is 0. The predicted octanol–water partition coefficient (Wildman–Crippen LogP) is 14.2. The molecule has 314 valence electrons. The molecule has 6 nitrogen and oxygen atoms in total. The molecule has 0 heterocycles. The number of esters is 2. The Balaban J connectivity index is 1.10. The third-order valence-electron chi connectivity index (χ3n) is 10.0. The summed E-state index contributed by atoms with van der Waals surface area (Å²) in [6.45, 7) is 3.60. The van der Waals surface area contributed by atoms with E-state index in [2.05, 4.69) is 10.6 Å². The Labute approximate surface area is 353 Å². The van der Waals surface area contributed by atoms with E-state index in [-0.39, 0.29) is 24.3 Å². The summed E-state index contributed by atoms with van der Waals surface area (Å²) in [5, 5.41) is 6.50. The number of nitrogens with one attached hydrogen (secondary N) is 2. The molecule has 0 atom stereocenters. The predicted molar refractivity (Wildman–Crippen MR) is 230 cm³/mol. The van der Waals surface area contributed by atoms with Crippen LogP contribution >= 0.6 is 0 Å². The molecule has 0 saturated carbocycles. The van der Waals surface area contributed by atoms with E-state index in [9.17, 15) is 35.9 Å². The highest BCUT2D eigenvalue weighted by Crippen LogP contribution is 2.36. The van der Waals surface area contributed by atoms with Crippen LogP contribution in [0, 0.1) is 0 Å². The number of benzene rings is 7. The van der Waals surface area contributed by atoms with E-state index < -0.39 is 35.4 Å². The molecule has 0 aliphatic rings. The maximum atomic E-state index is 13.4. The molecule has 0 radical (unpaired) electrons. The molecule has 0 saturated heterocycles. The first-order valence-corrected chi connectivity index (χ1v) is 19.5. The minimum atomic E-state index is -4.41. The number of alkyl halides is 6. The van der Waals surface area contributed by atoms with E-state index in [1.165, 1.54) is 36.4 Å². The highest BCUT2D eigenvalue weighted by atomic mass is 19.4. The van der Waals surface area contributed by atoms with Crippen LogP contribution in [0.3, 0.4) is 0 Å². The van der Waals surface area contributed by atoms with E-state index in [1.807, 2.05) is 97.1 Å². The highest BCUT2D eigenvalue weighted by Gasteiger charge is 2.31. The van der Waals surface area contributed by atoms with Crippen LogP contribution < -0.4 is 10.6 Å². The van der Waals surface area contributed by atoms with Gasteiger partial charge in [0.2, 0.25) is 0 Å². The molecule has 0 fully saturated rings. The van der Waals surface area contributed by atoms with Gasteiger partial charge < -0.3 is 20.1 Å². The average Bonchev–Trinajstić information content (AvgIpc) is 3.27. The first-order valence-electron chi connectivity index (χ1n) is 19.5. The van der Waals surface area contributed by atoms with Crippen LogP contribution in [0.1, 0.15) is 45.7 Å². The van der Waals surface area contributed by atoms with Gasteiger partial charge in [0.1, 0.15) is 0 Å². The van der Waals surface area contributed by atoms with Crippen molar-refractivity contribution in [1.29, 1.82) is 0 Å². The van der Waals surface area contributed by atoms with Gasteiger partial charge in [-0.3, -0.25) is 0 Å². The molecule has 62 heavy (non-hydrogen) atoms. The first-order chi connectivity index (χ1) is 29.7. The van der Waals surface area contributed by atoms with Gasteiger partial charge in [0.25, 0.3) is 0 Å². The number of rotatable bonds is 12. The summed E-state index contributed by atoms with van der Waals surface area (Å²) in [7, 11) is 0. The van der Waals surface area contributed by atoms with E-state index in [4.69, 9.17) is 9.47 Å². The molecule has 7 aromatic carbocycles. The van der Waals surface area contributed by atoms with Crippen molar-refractivity contribution in [1.82, 2.24) is 0 Å². The van der Waals surface area contributed by atoms with Gasteiger partial charge in [0, 0.05) is 11.4 Å². The average molecular weight is 845 g/mol. The second-order valence-electron chi connectivity index (χ2n) is 14.1. The van der Waals surface area contributed by atoms with Gasteiger partial charge in [-0.15, -0.1) is 0 Å². The van der Waals surface area contributed by atoms with Crippen LogP contribution in [0.15, 0.2) is 158 Å². The number of hydrogen-bond donors (Lipinski definition) is 2. The van der Waals surface area contributed by atoms with Crippen molar-refractivity contribution in [3.63, 3.8) is 0 Å². The second-order valence-corrected chi connectivity index (χ2v) is 14.1. The van der Waals surface area contributed by atoms with Gasteiger partial charge in [-0.25, -0.2) is 9.59 Å². The summed E-state index contributed by atoms with van der Waals surface area (Å²) in [6, 6.07) is 42.7. The fraction of sp³-hybridized carbons (Fsp3) is 0.120. The van der Waals surface area contributed by atoms with Crippen LogP contribution in [0.25, 0.3) is 44.5 Å². The fourth-order valence-electron chi connectivity index (χ4n) is 6.78. The maximum absolute atomic E-state index is 13.4. The van der Waals surface area contributed by atoms with Crippen LogP contribution in [-0.2, 0) is 21.8 Å². The Morgan fingerprint density at radius 3 is 0.855 bits per heavy atom. The molecule has 0 unspecified atom stereocenters. The number of hydrogen-bond acceptors (Lipinski definition) is 6. The number of carbonyl (C=O) groups excluding carboxylic acids is 2. The van der Waals surface area contributed by atoms with Crippen molar-refractivity contribution < 1.29 is 45.4 Å². The Hall–Kier alpha value is -7.34. The van der Waals surface area contributed by atoms with Crippen LogP contribution in [0.5, 0.6) is 0 Å². The SMILES string of the molecule is CCOC(=O)c1cc(Nc2ccc(-c3ccc(-c4ccc(C(F)(F)F)cc4)cc3)cc2)c(C(=O)OCC)cc1Nc1ccc(-c2ccc(-c3ccc(C(F)(F)F)cc3)cc2)cc1. The normalized spacial score (nSPS) is 11.5. The molecule has 0 bridgehead atoms. The molecule has 12 heteroatoms. The Bertz CT molecular complexity index is 2470. The second kappa shape index (κ2) is 18.1. The maximum Gasteiger partial charge on any atom is 0.416 e. The first kappa shape index (κ1) is 42.8. The smallest absolute Gasteiger partial charge is 0.416 e. The number of carbonyl (C=O) groups is 2. The summed E-state index contributed by atoms with van der Waals surface area (Å²) in [4.78, 5) is 26.7. The van der Waals surface area contributed by atoms with E-state index in [0.29, 0.717) is 33.9 Å². The zero-order chi connectivity index (χ0) is 44.0. The minimum absolute atomic E-state index is 0.111. The van der Waals surface area contributed by atoms with Crippen molar-refractivity contribution in [2.24, 2.45) is 0 Å². The summed E-state index contributed by atoms with van der Waals surface area (Å²) in [5.74, 6) is -1.23. The lowest BCUT2D eigenvalue weighted by atomic mass is 9.99. The van der Waals surface area contributed by atoms with E-state index >= 15 is 0 Å². The third kappa shape index (κ3) is 9.98. The van der Waals surface area contributed by atoms with Crippen LogP contribution in [0.2, 0.25) is 0 Å². The van der Waals surface area contributed by atoms with Gasteiger partial charge >= 0.3 is 24.3 Å². The molecular weight excluding hydrogens is 807 g/mol. The van der Waals surface area contributed by atoms with Crippen molar-refractivity contribution in [2.45, 2.75) is 26.2 Å². The lowest BCUT2D eigenvalue weighted by molar-refractivity contribution is -0.138. The molecule has 0 aromatic heterocycles. The molecule has 2 N–H and O–H groups in total. The number of anilines is 4. The van der Waals surface area contributed by atoms with Crippen molar-refractivity contribution in [2.75, 3.05) is 23.8 Å². The lowest BCUT2D eigenvalue weighted by Crippen LogP contribution is -2.13. The largest absolute Gasteiger partial charge is 0.462 e. The standard InChI is InChI=1S/C50H38F6N2O4/c1-3-61-47(59)43-29-46(58-42-27-19-38(20-28-42)34-11-7-32(8-12-34)36-15-23-40(24-16-36)50(54,55)56)44(48(60)62-4-2)30-45(43)57-41-25-17-37(18-26-41)33-9-5-31(6-10-33)35-13-21-39(22-14-35)49(51,52)53/h5-30,57-58H,3-4H2,1-2H3. The Morgan fingerprint density at radius 2 is 0.629 bits per heavy atom.